The highest BCUT2D eigenvalue weighted by molar-refractivity contribution is 5.79. The van der Waals surface area contributed by atoms with Crippen LogP contribution in [0.25, 0.3) is 0 Å². The van der Waals surface area contributed by atoms with Gasteiger partial charge in [0.15, 0.2) is 0 Å². The zero-order chi connectivity index (χ0) is 26.4. The van der Waals surface area contributed by atoms with Crippen LogP contribution in [-0.2, 0) is 22.2 Å². The molecule has 2 fully saturated rings. The van der Waals surface area contributed by atoms with Crippen LogP contribution >= 0.6 is 0 Å². The van der Waals surface area contributed by atoms with Crippen molar-refractivity contribution in [2.24, 2.45) is 11.8 Å². The molecule has 9 heteroatoms. The van der Waals surface area contributed by atoms with E-state index in [9.17, 15) is 27.9 Å². The van der Waals surface area contributed by atoms with Gasteiger partial charge in [0.05, 0.1) is 44.7 Å². The first-order chi connectivity index (χ1) is 17.7. The van der Waals surface area contributed by atoms with Crippen LogP contribution in [0.1, 0.15) is 30.4 Å². The quantitative estimate of drug-likeness (QED) is 0.579. The number of hydrogen-bond acceptors (Lipinski definition) is 4. The van der Waals surface area contributed by atoms with Crippen LogP contribution in [0.3, 0.4) is 0 Å². The number of aliphatic carboxylic acids is 1. The average Bonchev–Trinajstić information content (AvgIpc) is 2.88. The van der Waals surface area contributed by atoms with Crippen molar-refractivity contribution in [3.8, 4) is 0 Å². The van der Waals surface area contributed by atoms with Crippen LogP contribution in [0.2, 0.25) is 0 Å². The second-order valence-corrected chi connectivity index (χ2v) is 10.2. The number of nitrogens with zero attached hydrogens (tertiary/aromatic N) is 2. The van der Waals surface area contributed by atoms with E-state index in [0.29, 0.717) is 44.7 Å². The molecule has 2 aliphatic rings. The Kier molecular flexibility index (Phi) is 8.74. The molecular weight excluding hydrogens is 483 g/mol. The number of carboxylic acids is 1. The first kappa shape index (κ1) is 27.0. The summed E-state index contributed by atoms with van der Waals surface area (Å²) >= 11 is 0. The summed E-state index contributed by atoms with van der Waals surface area (Å²) in [5.41, 5.74) is 0.911. The van der Waals surface area contributed by atoms with Crippen LogP contribution in [0.5, 0.6) is 0 Å². The lowest BCUT2D eigenvalue weighted by Gasteiger charge is -2.40. The van der Waals surface area contributed by atoms with Crippen molar-refractivity contribution in [2.45, 2.75) is 31.9 Å². The summed E-state index contributed by atoms with van der Waals surface area (Å²) in [6, 6.07) is 15.1. The van der Waals surface area contributed by atoms with Crippen LogP contribution < -0.4 is 14.9 Å². The molecule has 0 aromatic heterocycles. The van der Waals surface area contributed by atoms with Crippen molar-refractivity contribution < 1.29 is 32.8 Å². The number of benzene rings is 2. The van der Waals surface area contributed by atoms with Crippen molar-refractivity contribution >= 4 is 17.6 Å². The minimum atomic E-state index is -4.36. The fraction of sp³-hybridized carbons (Fsp3) is 0.500. The SMILES string of the molecule is O=C([O-])C[C@@H]1CCN(C(=O)Cc2ccccc2)C[C@@H]1CC[NH+]1CCN(c2cccc(C(F)(F)F)c2)CC1. The third-order valence-electron chi connectivity index (χ3n) is 7.75. The van der Waals surface area contributed by atoms with E-state index in [-0.39, 0.29) is 24.2 Å². The fourth-order valence-corrected chi connectivity index (χ4v) is 5.60. The normalized spacial score (nSPS) is 21.2. The van der Waals surface area contributed by atoms with Gasteiger partial charge in [-0.25, -0.2) is 0 Å². The summed E-state index contributed by atoms with van der Waals surface area (Å²) in [5, 5.41) is 11.4. The van der Waals surface area contributed by atoms with E-state index in [1.54, 1.807) is 6.07 Å². The van der Waals surface area contributed by atoms with Gasteiger partial charge in [0.2, 0.25) is 5.91 Å². The Hall–Kier alpha value is -3.07. The van der Waals surface area contributed by atoms with E-state index in [4.69, 9.17) is 0 Å². The first-order valence-electron chi connectivity index (χ1n) is 13.0. The van der Waals surface area contributed by atoms with Crippen LogP contribution in [0.15, 0.2) is 54.6 Å². The number of quaternary nitrogens is 1. The lowest BCUT2D eigenvalue weighted by atomic mass is 9.81. The number of piperazine rings is 1. The van der Waals surface area contributed by atoms with Crippen molar-refractivity contribution in [3.05, 3.63) is 65.7 Å². The number of alkyl halides is 3. The van der Waals surface area contributed by atoms with Crippen LogP contribution in [-0.4, -0.2) is 62.6 Å². The predicted molar refractivity (Wildman–Crippen MR) is 132 cm³/mol. The monoisotopic (exact) mass is 517 g/mol. The second kappa shape index (κ2) is 12.0. The lowest BCUT2D eigenvalue weighted by Crippen LogP contribution is -3.15. The second-order valence-electron chi connectivity index (χ2n) is 10.2. The summed E-state index contributed by atoms with van der Waals surface area (Å²) in [4.78, 5) is 29.5. The summed E-state index contributed by atoms with van der Waals surface area (Å²) in [7, 11) is 0. The van der Waals surface area contributed by atoms with Gasteiger partial charge >= 0.3 is 6.18 Å². The van der Waals surface area contributed by atoms with E-state index < -0.39 is 17.7 Å². The first-order valence-corrected chi connectivity index (χ1v) is 13.0. The molecule has 2 aromatic rings. The third kappa shape index (κ3) is 7.47. The van der Waals surface area contributed by atoms with Gasteiger partial charge in [-0.3, -0.25) is 4.79 Å². The van der Waals surface area contributed by atoms with E-state index in [0.717, 1.165) is 37.7 Å². The number of amides is 1. The molecular formula is C28H34F3N3O3. The smallest absolute Gasteiger partial charge is 0.416 e. The molecule has 2 aliphatic heterocycles. The number of anilines is 1. The average molecular weight is 518 g/mol. The standard InChI is InChI=1S/C28H34F3N3O3/c29-28(30,31)24-7-4-8-25(19-24)33-15-13-32(14-16-33)11-9-23-20-34(12-10-22(23)18-27(36)37)26(35)17-21-5-2-1-3-6-21/h1-8,19,22-23H,9-18,20H2,(H,36,37)/t22-,23-/m0/s1. The number of rotatable bonds is 8. The molecule has 0 radical (unpaired) electrons. The van der Waals surface area contributed by atoms with Crippen molar-refractivity contribution in [1.29, 1.82) is 0 Å². The van der Waals surface area contributed by atoms with E-state index in [2.05, 4.69) is 0 Å². The lowest BCUT2D eigenvalue weighted by molar-refractivity contribution is -0.901. The Morgan fingerprint density at radius 1 is 0.973 bits per heavy atom. The molecule has 0 spiro atoms. The molecule has 2 atom stereocenters. The highest BCUT2D eigenvalue weighted by Gasteiger charge is 2.33. The van der Waals surface area contributed by atoms with Crippen molar-refractivity contribution in [2.75, 3.05) is 50.7 Å². The molecule has 1 N–H and O–H groups in total. The number of hydrogen-bond donors (Lipinski definition) is 1. The highest BCUT2D eigenvalue weighted by Crippen LogP contribution is 2.32. The van der Waals surface area contributed by atoms with Crippen LogP contribution in [0, 0.1) is 11.8 Å². The Balaban J connectivity index is 1.31. The van der Waals surface area contributed by atoms with Gasteiger partial charge in [-0.2, -0.15) is 13.2 Å². The molecule has 0 aliphatic carbocycles. The number of nitrogens with one attached hydrogen (secondary N) is 1. The number of piperidine rings is 1. The number of halogens is 3. The van der Waals surface area contributed by atoms with Crippen molar-refractivity contribution in [1.82, 2.24) is 4.90 Å². The maximum absolute atomic E-state index is 13.1. The third-order valence-corrected chi connectivity index (χ3v) is 7.75. The maximum Gasteiger partial charge on any atom is 0.416 e. The van der Waals surface area contributed by atoms with Gasteiger partial charge in [-0.15, -0.1) is 0 Å². The number of carbonyl (C=O) groups is 2. The molecule has 37 heavy (non-hydrogen) atoms. The predicted octanol–water partition coefficient (Wildman–Crippen LogP) is 1.65. The molecule has 2 saturated heterocycles. The van der Waals surface area contributed by atoms with Gasteiger partial charge < -0.3 is 24.6 Å². The number of carboxylic acid groups (broad SMARTS) is 1. The summed E-state index contributed by atoms with van der Waals surface area (Å²) in [6.07, 6.45) is -2.57. The van der Waals surface area contributed by atoms with Gasteiger partial charge in [0.1, 0.15) is 0 Å². The molecule has 4 rings (SSSR count). The molecule has 2 aromatic carbocycles. The number of carbonyl (C=O) groups excluding carboxylic acids is 2. The van der Waals surface area contributed by atoms with Gasteiger partial charge in [-0.1, -0.05) is 36.4 Å². The Morgan fingerprint density at radius 3 is 2.38 bits per heavy atom. The van der Waals surface area contributed by atoms with Crippen molar-refractivity contribution in [3.63, 3.8) is 0 Å². The van der Waals surface area contributed by atoms with Gasteiger partial charge in [-0.05, 0) is 48.4 Å². The minimum absolute atomic E-state index is 0.00401. The molecule has 2 heterocycles. The maximum atomic E-state index is 13.1. The summed E-state index contributed by atoms with van der Waals surface area (Å²) in [6.45, 7) is 4.85. The zero-order valence-corrected chi connectivity index (χ0v) is 20.9. The fourth-order valence-electron chi connectivity index (χ4n) is 5.60. The summed E-state index contributed by atoms with van der Waals surface area (Å²) < 4.78 is 39.3. The topological polar surface area (TPSA) is 68.1 Å². The Labute approximate surface area is 215 Å². The highest BCUT2D eigenvalue weighted by atomic mass is 19.4. The molecule has 0 bridgehead atoms. The Morgan fingerprint density at radius 2 is 1.70 bits per heavy atom. The Bertz CT molecular complexity index is 1060. The molecule has 0 saturated carbocycles. The van der Waals surface area contributed by atoms with Gasteiger partial charge in [0.25, 0.3) is 0 Å². The molecule has 1 amide bonds. The van der Waals surface area contributed by atoms with Gasteiger partial charge in [0, 0.05) is 31.2 Å². The van der Waals surface area contributed by atoms with E-state index in [1.807, 2.05) is 40.1 Å². The molecule has 6 nitrogen and oxygen atoms in total. The largest absolute Gasteiger partial charge is 0.550 e. The van der Waals surface area contributed by atoms with E-state index >= 15 is 0 Å². The number of likely N-dealkylation sites (tertiary alicyclic amines) is 1. The molecule has 200 valence electrons. The minimum Gasteiger partial charge on any atom is -0.550 e. The van der Waals surface area contributed by atoms with Crippen LogP contribution in [0.4, 0.5) is 18.9 Å². The zero-order valence-electron chi connectivity index (χ0n) is 20.9. The van der Waals surface area contributed by atoms with E-state index in [1.165, 1.54) is 17.0 Å². The molecule has 0 unspecified atom stereocenters. The summed E-state index contributed by atoms with van der Waals surface area (Å²) in [5.74, 6) is -0.928.